The minimum Gasteiger partial charge on any atom is -0.338 e. The smallest absolute Gasteiger partial charge is 0.254 e. The highest BCUT2D eigenvalue weighted by atomic mass is 127. The van der Waals surface area contributed by atoms with Gasteiger partial charge in [0.1, 0.15) is 0 Å². The van der Waals surface area contributed by atoms with Crippen molar-refractivity contribution in [2.75, 3.05) is 12.9 Å². The zero-order valence-corrected chi connectivity index (χ0v) is 13.5. The van der Waals surface area contributed by atoms with Gasteiger partial charge in [-0.25, -0.2) is 0 Å². The van der Waals surface area contributed by atoms with Crippen LogP contribution in [0, 0.1) is 3.57 Å². The Kier molecular flexibility index (Phi) is 5.53. The van der Waals surface area contributed by atoms with Gasteiger partial charge in [-0.1, -0.05) is 15.9 Å². The van der Waals surface area contributed by atoms with Crippen LogP contribution in [0.1, 0.15) is 17.3 Å². The van der Waals surface area contributed by atoms with Gasteiger partial charge in [-0.15, -0.1) is 11.6 Å². The third kappa shape index (κ3) is 3.34. The molecule has 0 aromatic heterocycles. The fraction of sp³-hybridized carbons (Fsp3) is 0.364. The summed E-state index contributed by atoms with van der Waals surface area (Å²) in [5, 5.41) is 0. The monoisotopic (exact) mass is 415 g/mol. The molecule has 0 radical (unpaired) electrons. The van der Waals surface area contributed by atoms with Gasteiger partial charge >= 0.3 is 0 Å². The van der Waals surface area contributed by atoms with Crippen molar-refractivity contribution in [3.8, 4) is 0 Å². The first-order valence-electron chi connectivity index (χ1n) is 4.75. The van der Waals surface area contributed by atoms with E-state index >= 15 is 0 Å². The summed E-state index contributed by atoms with van der Waals surface area (Å²) in [4.78, 5) is 13.8. The molecule has 16 heavy (non-hydrogen) atoms. The van der Waals surface area contributed by atoms with E-state index in [2.05, 4.69) is 38.5 Å². The largest absolute Gasteiger partial charge is 0.338 e. The van der Waals surface area contributed by atoms with Crippen molar-refractivity contribution in [3.05, 3.63) is 31.8 Å². The highest BCUT2D eigenvalue weighted by Gasteiger charge is 2.19. The Morgan fingerprint density at radius 1 is 1.62 bits per heavy atom. The molecule has 0 spiro atoms. The standard InChI is InChI=1S/C11H12BrClINO/c1-7(6-13)15(2)11(16)9-5-8(12)3-4-10(9)14/h3-5,7H,6H2,1-2H3. The van der Waals surface area contributed by atoms with Crippen LogP contribution < -0.4 is 0 Å². The molecule has 88 valence electrons. The molecule has 0 heterocycles. The van der Waals surface area contributed by atoms with Crippen LogP contribution in [0.5, 0.6) is 0 Å². The van der Waals surface area contributed by atoms with Crippen molar-refractivity contribution in [2.24, 2.45) is 0 Å². The molecule has 2 nitrogen and oxygen atoms in total. The van der Waals surface area contributed by atoms with Gasteiger partial charge in [-0.05, 0) is 47.7 Å². The Hall–Kier alpha value is 0.190. The number of halogens is 3. The predicted octanol–water partition coefficient (Wildman–Crippen LogP) is 3.75. The molecule has 0 saturated carbocycles. The Morgan fingerprint density at radius 2 is 2.25 bits per heavy atom. The number of alkyl halides is 1. The highest BCUT2D eigenvalue weighted by molar-refractivity contribution is 14.1. The number of benzene rings is 1. The van der Waals surface area contributed by atoms with Gasteiger partial charge < -0.3 is 4.90 Å². The molecule has 0 aliphatic heterocycles. The normalized spacial score (nSPS) is 12.3. The summed E-state index contributed by atoms with van der Waals surface area (Å²) in [6.45, 7) is 1.93. The molecular weight excluding hydrogens is 404 g/mol. The summed E-state index contributed by atoms with van der Waals surface area (Å²) in [7, 11) is 1.77. The van der Waals surface area contributed by atoms with Crippen molar-refractivity contribution in [3.63, 3.8) is 0 Å². The minimum atomic E-state index is -0.00106. The van der Waals surface area contributed by atoms with Gasteiger partial charge in [0.05, 0.1) is 5.56 Å². The molecule has 5 heteroatoms. The van der Waals surface area contributed by atoms with Crippen LogP contribution in [0.2, 0.25) is 0 Å². The summed E-state index contributed by atoms with van der Waals surface area (Å²) >= 11 is 11.3. The van der Waals surface area contributed by atoms with Crippen molar-refractivity contribution in [2.45, 2.75) is 13.0 Å². The second-order valence-electron chi connectivity index (χ2n) is 3.54. The zero-order chi connectivity index (χ0) is 12.3. The molecule has 1 aromatic carbocycles. The molecule has 0 aliphatic carbocycles. The van der Waals surface area contributed by atoms with E-state index < -0.39 is 0 Å². The Bertz CT molecular complexity index is 400. The number of rotatable bonds is 3. The molecule has 0 fully saturated rings. The van der Waals surface area contributed by atoms with Gasteiger partial charge in [0.25, 0.3) is 5.91 Å². The maximum atomic E-state index is 12.2. The lowest BCUT2D eigenvalue weighted by Gasteiger charge is -2.23. The second-order valence-corrected chi connectivity index (χ2v) is 5.93. The quantitative estimate of drug-likeness (QED) is 0.543. The summed E-state index contributed by atoms with van der Waals surface area (Å²) < 4.78 is 1.85. The lowest BCUT2D eigenvalue weighted by Crippen LogP contribution is -2.36. The van der Waals surface area contributed by atoms with Crippen LogP contribution in [-0.4, -0.2) is 29.8 Å². The number of hydrogen-bond acceptors (Lipinski definition) is 1. The highest BCUT2D eigenvalue weighted by Crippen LogP contribution is 2.20. The summed E-state index contributed by atoms with van der Waals surface area (Å²) in [5.74, 6) is 0.436. The average Bonchev–Trinajstić information content (AvgIpc) is 2.29. The van der Waals surface area contributed by atoms with Gasteiger partial charge in [0, 0.05) is 27.0 Å². The van der Waals surface area contributed by atoms with Crippen LogP contribution in [0.15, 0.2) is 22.7 Å². The van der Waals surface area contributed by atoms with Gasteiger partial charge in [-0.2, -0.15) is 0 Å². The first-order chi connectivity index (χ1) is 7.47. The lowest BCUT2D eigenvalue weighted by molar-refractivity contribution is 0.0755. The first kappa shape index (κ1) is 14.3. The average molecular weight is 416 g/mol. The number of nitrogens with zero attached hydrogens (tertiary/aromatic N) is 1. The molecule has 1 aromatic rings. The maximum absolute atomic E-state index is 12.2. The molecule has 1 unspecified atom stereocenters. The van der Waals surface area contributed by atoms with E-state index in [4.69, 9.17) is 11.6 Å². The number of amides is 1. The molecule has 1 amide bonds. The van der Waals surface area contributed by atoms with Crippen molar-refractivity contribution in [1.29, 1.82) is 0 Å². The van der Waals surface area contributed by atoms with Gasteiger partial charge in [0.2, 0.25) is 0 Å². The predicted molar refractivity (Wildman–Crippen MR) is 79.1 cm³/mol. The fourth-order valence-corrected chi connectivity index (χ4v) is 2.29. The van der Waals surface area contributed by atoms with Gasteiger partial charge in [0.15, 0.2) is 0 Å². The lowest BCUT2D eigenvalue weighted by atomic mass is 10.2. The summed E-state index contributed by atoms with van der Waals surface area (Å²) in [6, 6.07) is 5.70. The molecule has 1 rings (SSSR count). The van der Waals surface area contributed by atoms with Crippen LogP contribution in [0.4, 0.5) is 0 Å². The van der Waals surface area contributed by atoms with Crippen molar-refractivity contribution >= 4 is 56.0 Å². The molecular formula is C11H12BrClINO. The van der Waals surface area contributed by atoms with E-state index in [1.165, 1.54) is 0 Å². The Labute approximate surface area is 123 Å². The molecule has 1 atom stereocenters. The number of hydrogen-bond donors (Lipinski definition) is 0. The SMILES string of the molecule is CC(CCl)N(C)C(=O)c1cc(Br)ccc1I. The van der Waals surface area contributed by atoms with E-state index in [-0.39, 0.29) is 11.9 Å². The van der Waals surface area contributed by atoms with Gasteiger partial charge in [-0.3, -0.25) is 4.79 Å². The Balaban J connectivity index is 3.00. The Morgan fingerprint density at radius 3 is 2.81 bits per heavy atom. The first-order valence-corrected chi connectivity index (χ1v) is 7.16. The zero-order valence-electron chi connectivity index (χ0n) is 9.01. The van der Waals surface area contributed by atoms with Crippen molar-refractivity contribution < 1.29 is 4.79 Å². The van der Waals surface area contributed by atoms with Crippen LogP contribution in [-0.2, 0) is 0 Å². The van der Waals surface area contributed by atoms with Crippen molar-refractivity contribution in [1.82, 2.24) is 4.90 Å². The molecule has 0 saturated heterocycles. The maximum Gasteiger partial charge on any atom is 0.254 e. The molecule has 0 bridgehead atoms. The molecule has 0 N–H and O–H groups in total. The van der Waals surface area contributed by atoms with E-state index in [0.717, 1.165) is 8.04 Å². The number of carbonyl (C=O) groups is 1. The van der Waals surface area contributed by atoms with E-state index in [0.29, 0.717) is 11.4 Å². The summed E-state index contributed by atoms with van der Waals surface area (Å²) in [5.41, 5.74) is 0.703. The minimum absolute atomic E-state index is 0.00106. The summed E-state index contributed by atoms with van der Waals surface area (Å²) in [6.07, 6.45) is 0. The topological polar surface area (TPSA) is 20.3 Å². The van der Waals surface area contributed by atoms with Crippen LogP contribution >= 0.6 is 50.1 Å². The van der Waals surface area contributed by atoms with E-state index in [9.17, 15) is 4.79 Å². The molecule has 0 aliphatic rings. The fourth-order valence-electron chi connectivity index (χ4n) is 1.16. The third-order valence-electron chi connectivity index (χ3n) is 2.36. The van der Waals surface area contributed by atoms with Crippen LogP contribution in [0.3, 0.4) is 0 Å². The second kappa shape index (κ2) is 6.21. The van der Waals surface area contributed by atoms with E-state index in [1.807, 2.05) is 25.1 Å². The van der Waals surface area contributed by atoms with Crippen LogP contribution in [0.25, 0.3) is 0 Å². The number of carbonyl (C=O) groups excluding carboxylic acids is 1. The van der Waals surface area contributed by atoms with E-state index in [1.54, 1.807) is 11.9 Å². The third-order valence-corrected chi connectivity index (χ3v) is 4.24.